The molecule has 0 aliphatic rings. The molecule has 0 aliphatic carbocycles. The lowest BCUT2D eigenvalue weighted by Crippen LogP contribution is -2.20. The van der Waals surface area contributed by atoms with E-state index in [1.54, 1.807) is 6.92 Å². The van der Waals surface area contributed by atoms with Crippen molar-refractivity contribution in [3.63, 3.8) is 0 Å². The molecule has 1 unspecified atom stereocenters. The fourth-order valence-electron chi connectivity index (χ4n) is 2.60. The van der Waals surface area contributed by atoms with Crippen LogP contribution in [0.4, 0.5) is 0 Å². The first-order valence-electron chi connectivity index (χ1n) is 8.85. The number of carbonyl (C=O) groups excluding carboxylic acids is 2. The van der Waals surface area contributed by atoms with Gasteiger partial charge < -0.3 is 9.47 Å². The van der Waals surface area contributed by atoms with Gasteiger partial charge in [-0.05, 0) is 34.4 Å². The molecular formula is C21H32O4. The summed E-state index contributed by atoms with van der Waals surface area (Å²) in [6.07, 6.45) is 0.193. The second kappa shape index (κ2) is 8.50. The van der Waals surface area contributed by atoms with Gasteiger partial charge in [0, 0.05) is 5.92 Å². The van der Waals surface area contributed by atoms with Crippen molar-refractivity contribution in [3.8, 4) is 0 Å². The van der Waals surface area contributed by atoms with E-state index in [9.17, 15) is 9.59 Å². The van der Waals surface area contributed by atoms with Crippen molar-refractivity contribution < 1.29 is 19.1 Å². The second-order valence-corrected chi connectivity index (χ2v) is 8.48. The summed E-state index contributed by atoms with van der Waals surface area (Å²) in [6.45, 7) is 15.7. The molecule has 1 rings (SSSR count). The molecule has 4 nitrogen and oxygen atoms in total. The highest BCUT2D eigenvalue weighted by Crippen LogP contribution is 2.33. The van der Waals surface area contributed by atoms with Crippen molar-refractivity contribution in [2.45, 2.75) is 71.6 Å². The summed E-state index contributed by atoms with van der Waals surface area (Å²) in [5.74, 6) is -0.492. The molecule has 0 N–H and O–H groups in total. The van der Waals surface area contributed by atoms with Crippen LogP contribution < -0.4 is 0 Å². The van der Waals surface area contributed by atoms with Crippen molar-refractivity contribution in [3.05, 3.63) is 34.9 Å². The Labute approximate surface area is 151 Å². The lowest BCUT2D eigenvalue weighted by Gasteiger charge is -2.28. The molecule has 0 radical (unpaired) electrons. The Kier molecular flexibility index (Phi) is 7.21. The molecule has 0 saturated carbocycles. The molecule has 4 heteroatoms. The number of carbonyl (C=O) groups is 2. The standard InChI is InChI=1S/C21H32O4/c1-8-25-19(23)11-16(13-24-14-22)15-9-17(20(2,3)4)12-18(10-15)21(5,6)7/h9-10,12,14,16H,8,11,13H2,1-7H3. The third kappa shape index (κ3) is 6.52. The van der Waals surface area contributed by atoms with Crippen molar-refractivity contribution in [2.24, 2.45) is 0 Å². The SMILES string of the molecule is CCOC(=O)CC(COC=O)c1cc(C(C)(C)C)cc(C(C)(C)C)c1. The zero-order valence-electron chi connectivity index (χ0n) is 16.6. The summed E-state index contributed by atoms with van der Waals surface area (Å²) in [6, 6.07) is 6.46. The minimum absolute atomic E-state index is 0.0179. The topological polar surface area (TPSA) is 52.6 Å². The number of hydrogen-bond acceptors (Lipinski definition) is 4. The van der Waals surface area contributed by atoms with Gasteiger partial charge in [-0.25, -0.2) is 0 Å². The fourth-order valence-corrected chi connectivity index (χ4v) is 2.60. The van der Waals surface area contributed by atoms with Gasteiger partial charge in [0.05, 0.1) is 19.6 Å². The van der Waals surface area contributed by atoms with Crippen molar-refractivity contribution in [2.75, 3.05) is 13.2 Å². The first kappa shape index (κ1) is 21.2. The summed E-state index contributed by atoms with van der Waals surface area (Å²) >= 11 is 0. The Hall–Kier alpha value is -1.84. The van der Waals surface area contributed by atoms with E-state index >= 15 is 0 Å². The molecule has 0 heterocycles. The van der Waals surface area contributed by atoms with Crippen LogP contribution in [0.2, 0.25) is 0 Å². The number of esters is 1. The van der Waals surface area contributed by atoms with Crippen LogP contribution in [0.25, 0.3) is 0 Å². The van der Waals surface area contributed by atoms with E-state index in [2.05, 4.69) is 59.7 Å². The molecule has 140 valence electrons. The van der Waals surface area contributed by atoms with Gasteiger partial charge in [-0.2, -0.15) is 0 Å². The molecule has 0 saturated heterocycles. The average Bonchev–Trinajstić information content (AvgIpc) is 2.49. The lowest BCUT2D eigenvalue weighted by atomic mass is 9.78. The Morgan fingerprint density at radius 2 is 1.56 bits per heavy atom. The zero-order valence-corrected chi connectivity index (χ0v) is 16.6. The van der Waals surface area contributed by atoms with Crippen LogP contribution in [0, 0.1) is 0 Å². The highest BCUT2D eigenvalue weighted by atomic mass is 16.5. The minimum atomic E-state index is -0.277. The van der Waals surface area contributed by atoms with Gasteiger partial charge in [0.2, 0.25) is 0 Å². The summed E-state index contributed by atoms with van der Waals surface area (Å²) in [5, 5.41) is 0. The number of benzene rings is 1. The Bertz CT molecular complexity index is 559. The van der Waals surface area contributed by atoms with Gasteiger partial charge in [-0.3, -0.25) is 9.59 Å². The molecule has 0 fully saturated rings. The maximum absolute atomic E-state index is 12.0. The van der Waals surface area contributed by atoms with Gasteiger partial charge in [0.1, 0.15) is 0 Å². The monoisotopic (exact) mass is 348 g/mol. The normalized spacial score (nSPS) is 13.2. The first-order valence-corrected chi connectivity index (χ1v) is 8.85. The third-order valence-electron chi connectivity index (χ3n) is 4.24. The molecule has 0 aromatic heterocycles. The zero-order chi connectivity index (χ0) is 19.3. The average molecular weight is 348 g/mol. The molecule has 1 atom stereocenters. The maximum Gasteiger partial charge on any atom is 0.306 e. The Morgan fingerprint density at radius 1 is 1.04 bits per heavy atom. The van der Waals surface area contributed by atoms with E-state index in [0.717, 1.165) is 5.56 Å². The van der Waals surface area contributed by atoms with E-state index in [0.29, 0.717) is 13.1 Å². The maximum atomic E-state index is 12.0. The van der Waals surface area contributed by atoms with E-state index in [1.165, 1.54) is 11.1 Å². The quantitative estimate of drug-likeness (QED) is 0.538. The molecular weight excluding hydrogens is 316 g/mol. The van der Waals surface area contributed by atoms with Crippen LogP contribution in [0.3, 0.4) is 0 Å². The molecule has 25 heavy (non-hydrogen) atoms. The minimum Gasteiger partial charge on any atom is -0.467 e. The van der Waals surface area contributed by atoms with Crippen LogP contribution in [0.5, 0.6) is 0 Å². The largest absolute Gasteiger partial charge is 0.467 e. The van der Waals surface area contributed by atoms with Gasteiger partial charge in [-0.1, -0.05) is 59.7 Å². The summed E-state index contributed by atoms with van der Waals surface area (Å²) < 4.78 is 10.1. The van der Waals surface area contributed by atoms with Crippen LogP contribution in [0.1, 0.15) is 77.5 Å². The highest BCUT2D eigenvalue weighted by molar-refractivity contribution is 5.70. The van der Waals surface area contributed by atoms with Gasteiger partial charge in [-0.15, -0.1) is 0 Å². The fraction of sp³-hybridized carbons (Fsp3) is 0.619. The Morgan fingerprint density at radius 3 is 1.96 bits per heavy atom. The number of hydrogen-bond donors (Lipinski definition) is 0. The molecule has 0 amide bonds. The first-order chi connectivity index (χ1) is 11.5. The Balaban J connectivity index is 3.35. The van der Waals surface area contributed by atoms with Crippen molar-refractivity contribution in [1.82, 2.24) is 0 Å². The van der Waals surface area contributed by atoms with Gasteiger partial charge in [0.15, 0.2) is 0 Å². The van der Waals surface area contributed by atoms with Crippen molar-refractivity contribution >= 4 is 12.4 Å². The van der Waals surface area contributed by atoms with Crippen LogP contribution in [-0.2, 0) is 29.9 Å². The van der Waals surface area contributed by atoms with E-state index in [-0.39, 0.29) is 35.7 Å². The third-order valence-corrected chi connectivity index (χ3v) is 4.24. The van der Waals surface area contributed by atoms with Crippen LogP contribution >= 0.6 is 0 Å². The molecule has 1 aromatic carbocycles. The van der Waals surface area contributed by atoms with Crippen LogP contribution in [-0.4, -0.2) is 25.7 Å². The molecule has 1 aromatic rings. The number of rotatable bonds is 7. The highest BCUT2D eigenvalue weighted by Gasteiger charge is 2.24. The summed E-state index contributed by atoms with van der Waals surface area (Å²) in [5.41, 5.74) is 3.38. The smallest absolute Gasteiger partial charge is 0.306 e. The second-order valence-electron chi connectivity index (χ2n) is 8.48. The van der Waals surface area contributed by atoms with E-state index < -0.39 is 0 Å². The van der Waals surface area contributed by atoms with Crippen LogP contribution in [0.15, 0.2) is 18.2 Å². The van der Waals surface area contributed by atoms with Crippen molar-refractivity contribution in [1.29, 1.82) is 0 Å². The van der Waals surface area contributed by atoms with E-state index in [4.69, 9.17) is 9.47 Å². The predicted molar refractivity (Wildman–Crippen MR) is 99.8 cm³/mol. The number of ether oxygens (including phenoxy) is 2. The molecule has 0 aliphatic heterocycles. The lowest BCUT2D eigenvalue weighted by molar-refractivity contribution is -0.144. The predicted octanol–water partition coefficient (Wildman–Crippen LogP) is 4.49. The van der Waals surface area contributed by atoms with Gasteiger partial charge >= 0.3 is 5.97 Å². The summed E-state index contributed by atoms with van der Waals surface area (Å²) in [4.78, 5) is 22.7. The molecule has 0 spiro atoms. The molecule has 0 bridgehead atoms. The van der Waals surface area contributed by atoms with E-state index in [1.807, 2.05) is 0 Å². The van der Waals surface area contributed by atoms with Gasteiger partial charge in [0.25, 0.3) is 6.47 Å². The summed E-state index contributed by atoms with van der Waals surface area (Å²) in [7, 11) is 0.